The van der Waals surface area contributed by atoms with Gasteiger partial charge in [0.25, 0.3) is 0 Å². The molecule has 1 fully saturated rings. The van der Waals surface area contributed by atoms with Gasteiger partial charge in [0.15, 0.2) is 11.5 Å². The molecule has 0 aliphatic carbocycles. The molecule has 7 nitrogen and oxygen atoms in total. The fourth-order valence-corrected chi connectivity index (χ4v) is 4.04. The average molecular weight is 423 g/mol. The van der Waals surface area contributed by atoms with E-state index in [0.29, 0.717) is 40.7 Å². The summed E-state index contributed by atoms with van der Waals surface area (Å²) in [6.07, 6.45) is 1.45. The lowest BCUT2D eigenvalue weighted by Gasteiger charge is -2.36. The van der Waals surface area contributed by atoms with Crippen LogP contribution in [0.25, 0.3) is 10.9 Å². The maximum Gasteiger partial charge on any atom is 0.164 e. The van der Waals surface area contributed by atoms with Crippen LogP contribution in [0.3, 0.4) is 0 Å². The zero-order chi connectivity index (χ0) is 21.4. The van der Waals surface area contributed by atoms with Gasteiger partial charge in [-0.05, 0) is 31.7 Å². The molecular formula is C23H26FN5O2. The monoisotopic (exact) mass is 423 g/mol. The Morgan fingerprint density at radius 3 is 2.81 bits per heavy atom. The van der Waals surface area contributed by atoms with Crippen molar-refractivity contribution in [1.29, 1.82) is 0 Å². The highest BCUT2D eigenvalue weighted by atomic mass is 19.1. The third-order valence-electron chi connectivity index (χ3n) is 5.92. The molecule has 1 aromatic heterocycles. The minimum atomic E-state index is -0.293. The maximum absolute atomic E-state index is 14.5. The van der Waals surface area contributed by atoms with Crippen LogP contribution in [-0.4, -0.2) is 72.3 Å². The highest BCUT2D eigenvalue weighted by Gasteiger charge is 2.26. The number of aryl methyl sites for hydroxylation is 1. The van der Waals surface area contributed by atoms with Crippen molar-refractivity contribution in [3.63, 3.8) is 0 Å². The van der Waals surface area contributed by atoms with Crippen LogP contribution in [0.15, 0.2) is 36.7 Å². The normalized spacial score (nSPS) is 19.5. The van der Waals surface area contributed by atoms with Crippen LogP contribution in [-0.2, 0) is 0 Å². The predicted octanol–water partition coefficient (Wildman–Crippen LogP) is 3.21. The molecule has 0 radical (unpaired) electrons. The highest BCUT2D eigenvalue weighted by Crippen LogP contribution is 2.38. The predicted molar refractivity (Wildman–Crippen MR) is 118 cm³/mol. The number of nitrogens with zero attached hydrogens (tertiary/aromatic N) is 4. The first-order valence-corrected chi connectivity index (χ1v) is 10.6. The van der Waals surface area contributed by atoms with E-state index < -0.39 is 0 Å². The summed E-state index contributed by atoms with van der Waals surface area (Å²) in [5.74, 6) is 1.58. The van der Waals surface area contributed by atoms with Crippen LogP contribution in [0.5, 0.6) is 11.5 Å². The fourth-order valence-electron chi connectivity index (χ4n) is 4.04. The van der Waals surface area contributed by atoms with Gasteiger partial charge in [0.2, 0.25) is 0 Å². The third-order valence-corrected chi connectivity index (χ3v) is 5.92. The molecule has 5 rings (SSSR count). The smallest absolute Gasteiger partial charge is 0.164 e. The van der Waals surface area contributed by atoms with Gasteiger partial charge < -0.3 is 19.7 Å². The second kappa shape index (κ2) is 8.28. The standard InChI is InChI=1S/C23H26FN5O2/c1-15-4-3-5-18(22(15)24)27-23-17-10-20-21(11-19(17)25-14-26-23)31-16(13-30-20)12-29-8-6-28(2)7-9-29/h3-5,10-11,14,16H,6-9,12-13H2,1-2H3,(H,25,26,27). The molecule has 0 bridgehead atoms. The number of benzene rings is 2. The summed E-state index contributed by atoms with van der Waals surface area (Å²) in [6.45, 7) is 7.30. The van der Waals surface area contributed by atoms with Crippen molar-refractivity contribution < 1.29 is 13.9 Å². The molecule has 31 heavy (non-hydrogen) atoms. The van der Waals surface area contributed by atoms with Gasteiger partial charge in [0.1, 0.15) is 30.7 Å². The number of ether oxygens (including phenoxy) is 2. The van der Waals surface area contributed by atoms with Crippen molar-refractivity contribution >= 4 is 22.4 Å². The molecule has 1 atom stereocenters. The van der Waals surface area contributed by atoms with Crippen molar-refractivity contribution in [2.24, 2.45) is 0 Å². The molecule has 1 N–H and O–H groups in total. The Labute approximate surface area is 180 Å². The van der Waals surface area contributed by atoms with Crippen molar-refractivity contribution in [3.05, 3.63) is 48.0 Å². The SMILES string of the molecule is Cc1cccc(Nc2ncnc3cc4c(cc23)OCC(CN2CCN(C)CC2)O4)c1F. The summed E-state index contributed by atoms with van der Waals surface area (Å²) in [4.78, 5) is 13.5. The van der Waals surface area contributed by atoms with Crippen LogP contribution in [0, 0.1) is 12.7 Å². The maximum atomic E-state index is 14.5. The van der Waals surface area contributed by atoms with Gasteiger partial charge in [0.05, 0.1) is 11.2 Å². The van der Waals surface area contributed by atoms with Gasteiger partial charge in [0, 0.05) is 44.2 Å². The van der Waals surface area contributed by atoms with Gasteiger partial charge in [-0.1, -0.05) is 12.1 Å². The number of fused-ring (bicyclic) bond motifs is 2. The van der Waals surface area contributed by atoms with E-state index in [-0.39, 0.29) is 11.9 Å². The summed E-state index contributed by atoms with van der Waals surface area (Å²) in [6, 6.07) is 8.98. The molecule has 1 saturated heterocycles. The molecule has 8 heteroatoms. The number of hydrogen-bond acceptors (Lipinski definition) is 7. The zero-order valence-corrected chi connectivity index (χ0v) is 17.8. The first-order valence-electron chi connectivity index (χ1n) is 10.6. The van der Waals surface area contributed by atoms with Crippen molar-refractivity contribution in [2.45, 2.75) is 13.0 Å². The van der Waals surface area contributed by atoms with Crippen LogP contribution in [0.1, 0.15) is 5.56 Å². The molecule has 3 heterocycles. The summed E-state index contributed by atoms with van der Waals surface area (Å²) in [5.41, 5.74) is 1.67. The van der Waals surface area contributed by atoms with E-state index in [9.17, 15) is 4.39 Å². The molecule has 0 amide bonds. The van der Waals surface area contributed by atoms with Crippen molar-refractivity contribution in [1.82, 2.24) is 19.8 Å². The lowest BCUT2D eigenvalue weighted by Crippen LogP contribution is -2.49. The van der Waals surface area contributed by atoms with Gasteiger partial charge in [-0.2, -0.15) is 0 Å². The molecule has 0 spiro atoms. The van der Waals surface area contributed by atoms with E-state index >= 15 is 0 Å². The second-order valence-corrected chi connectivity index (χ2v) is 8.25. The van der Waals surface area contributed by atoms with Crippen LogP contribution >= 0.6 is 0 Å². The lowest BCUT2D eigenvalue weighted by atomic mass is 10.1. The number of rotatable bonds is 4. The Morgan fingerprint density at radius 2 is 1.97 bits per heavy atom. The topological polar surface area (TPSA) is 62.8 Å². The van der Waals surface area contributed by atoms with E-state index in [1.165, 1.54) is 6.33 Å². The lowest BCUT2D eigenvalue weighted by molar-refractivity contribution is 0.0442. The van der Waals surface area contributed by atoms with E-state index in [4.69, 9.17) is 9.47 Å². The molecule has 2 aliphatic rings. The molecule has 3 aromatic rings. The minimum absolute atomic E-state index is 0.0193. The fraction of sp³-hybridized carbons (Fsp3) is 0.391. The average Bonchev–Trinajstić information content (AvgIpc) is 2.77. The molecule has 2 aromatic carbocycles. The number of hydrogen-bond donors (Lipinski definition) is 1. The summed E-state index contributed by atoms with van der Waals surface area (Å²) >= 11 is 0. The van der Waals surface area contributed by atoms with Gasteiger partial charge >= 0.3 is 0 Å². The molecular weight excluding hydrogens is 397 g/mol. The second-order valence-electron chi connectivity index (χ2n) is 8.25. The van der Waals surface area contributed by atoms with Gasteiger partial charge in [-0.3, -0.25) is 4.90 Å². The Bertz CT molecular complexity index is 1100. The summed E-state index contributed by atoms with van der Waals surface area (Å²) in [7, 11) is 2.15. The quantitative estimate of drug-likeness (QED) is 0.691. The van der Waals surface area contributed by atoms with E-state index in [1.807, 2.05) is 18.2 Å². The van der Waals surface area contributed by atoms with Crippen molar-refractivity contribution in [3.8, 4) is 11.5 Å². The molecule has 162 valence electrons. The number of anilines is 2. The Kier molecular flexibility index (Phi) is 5.33. The number of aromatic nitrogens is 2. The Morgan fingerprint density at radius 1 is 1.13 bits per heavy atom. The first-order chi connectivity index (χ1) is 15.1. The van der Waals surface area contributed by atoms with E-state index in [2.05, 4.69) is 32.1 Å². The minimum Gasteiger partial charge on any atom is -0.486 e. The zero-order valence-electron chi connectivity index (χ0n) is 17.8. The van der Waals surface area contributed by atoms with Crippen LogP contribution in [0.2, 0.25) is 0 Å². The van der Waals surface area contributed by atoms with Gasteiger partial charge in [-0.15, -0.1) is 0 Å². The number of likely N-dealkylation sites (N-methyl/N-ethyl adjacent to an activating group) is 1. The molecule has 2 aliphatic heterocycles. The Hall–Kier alpha value is -2.97. The number of halogens is 1. The largest absolute Gasteiger partial charge is 0.486 e. The number of piperazine rings is 1. The van der Waals surface area contributed by atoms with Crippen LogP contribution in [0.4, 0.5) is 15.9 Å². The van der Waals surface area contributed by atoms with E-state index in [0.717, 1.165) is 38.1 Å². The summed E-state index contributed by atoms with van der Waals surface area (Å²) < 4.78 is 26.7. The first kappa shape index (κ1) is 20.0. The van der Waals surface area contributed by atoms with E-state index in [1.54, 1.807) is 19.1 Å². The molecule has 1 unspecified atom stereocenters. The molecule has 0 saturated carbocycles. The van der Waals surface area contributed by atoms with Crippen molar-refractivity contribution in [2.75, 3.05) is 51.7 Å². The van der Waals surface area contributed by atoms with Crippen LogP contribution < -0.4 is 14.8 Å². The van der Waals surface area contributed by atoms with Gasteiger partial charge in [-0.25, -0.2) is 14.4 Å². The summed E-state index contributed by atoms with van der Waals surface area (Å²) in [5, 5.41) is 3.85. The highest BCUT2D eigenvalue weighted by molar-refractivity contribution is 5.93. The number of nitrogens with one attached hydrogen (secondary N) is 1. The third kappa shape index (κ3) is 4.13. The Balaban J connectivity index is 1.37.